The molecule has 0 aromatic carbocycles. The fourth-order valence-corrected chi connectivity index (χ4v) is 8.97. The average molecular weight is 563 g/mol. The Morgan fingerprint density at radius 2 is 1.51 bits per heavy atom. The molecule has 0 aromatic rings. The van der Waals surface area contributed by atoms with Crippen molar-refractivity contribution in [1.82, 2.24) is 0 Å². The predicted octanol–water partition coefficient (Wildman–Crippen LogP) is 6.87. The maximum atomic E-state index is 13.1. The molecule has 0 aliphatic carbocycles. The van der Waals surface area contributed by atoms with Crippen LogP contribution in [0.1, 0.15) is 88.0 Å². The van der Waals surface area contributed by atoms with Crippen molar-refractivity contribution in [3.8, 4) is 0 Å². The summed E-state index contributed by atoms with van der Waals surface area (Å²) in [5.74, 6) is -0.671. The van der Waals surface area contributed by atoms with E-state index in [0.717, 1.165) is 24.4 Å². The standard InChI is InChI=1S/C27H51O8PSi/c1-10-32-36(31,33-11-2)24(8)25(29)17-19-27(9,35-37(12-3,13-4)14-5)20-18-26(30)34-23(7)22(6)16-15-21-28/h18,20-24H,10-17,19H2,1-9H3/b20-18+/t22-,23+,24?,27+/m0/s1. The second-order valence-electron chi connectivity index (χ2n) is 9.87. The van der Waals surface area contributed by atoms with Gasteiger partial charge < -0.3 is 23.0 Å². The summed E-state index contributed by atoms with van der Waals surface area (Å²) in [6, 6.07) is 2.73. The first kappa shape index (κ1) is 35.9. The molecule has 37 heavy (non-hydrogen) atoms. The van der Waals surface area contributed by atoms with Gasteiger partial charge in [-0.05, 0) is 77.6 Å². The van der Waals surface area contributed by atoms with Crippen molar-refractivity contribution >= 4 is 34.0 Å². The highest BCUT2D eigenvalue weighted by molar-refractivity contribution is 7.55. The lowest BCUT2D eigenvalue weighted by atomic mass is 9.97. The van der Waals surface area contributed by atoms with E-state index in [-0.39, 0.29) is 37.4 Å². The molecule has 1 unspecified atom stereocenters. The summed E-state index contributed by atoms with van der Waals surface area (Å²) in [5, 5.41) is 0. The van der Waals surface area contributed by atoms with Crippen LogP contribution in [0.2, 0.25) is 18.1 Å². The van der Waals surface area contributed by atoms with Gasteiger partial charge in [0, 0.05) is 18.9 Å². The average Bonchev–Trinajstić information content (AvgIpc) is 2.87. The van der Waals surface area contributed by atoms with Gasteiger partial charge in [-0.1, -0.05) is 27.7 Å². The molecular formula is C27H51O8PSi. The molecule has 4 atom stereocenters. The van der Waals surface area contributed by atoms with Crippen molar-refractivity contribution in [2.45, 2.75) is 123 Å². The zero-order valence-electron chi connectivity index (χ0n) is 24.5. The molecule has 0 radical (unpaired) electrons. The zero-order chi connectivity index (χ0) is 28.7. The van der Waals surface area contributed by atoms with Gasteiger partial charge >= 0.3 is 13.6 Å². The van der Waals surface area contributed by atoms with Gasteiger partial charge in [-0.15, -0.1) is 0 Å². The van der Waals surface area contributed by atoms with E-state index in [1.807, 2.05) is 20.8 Å². The van der Waals surface area contributed by atoms with E-state index in [9.17, 15) is 18.9 Å². The van der Waals surface area contributed by atoms with E-state index in [1.165, 1.54) is 6.08 Å². The van der Waals surface area contributed by atoms with Crippen LogP contribution < -0.4 is 0 Å². The Morgan fingerprint density at radius 1 is 0.973 bits per heavy atom. The zero-order valence-corrected chi connectivity index (χ0v) is 26.4. The van der Waals surface area contributed by atoms with Gasteiger partial charge in [0.05, 0.1) is 18.8 Å². The van der Waals surface area contributed by atoms with Crippen LogP contribution in [0.25, 0.3) is 0 Å². The van der Waals surface area contributed by atoms with Crippen molar-refractivity contribution in [3.05, 3.63) is 12.2 Å². The highest BCUT2D eigenvalue weighted by Gasteiger charge is 2.40. The first-order valence-corrected chi connectivity index (χ1v) is 17.9. The van der Waals surface area contributed by atoms with Gasteiger partial charge in [-0.2, -0.15) is 0 Å². The monoisotopic (exact) mass is 562 g/mol. The van der Waals surface area contributed by atoms with Gasteiger partial charge in [-0.3, -0.25) is 9.36 Å². The van der Waals surface area contributed by atoms with Crippen molar-refractivity contribution in [3.63, 3.8) is 0 Å². The molecule has 0 heterocycles. The van der Waals surface area contributed by atoms with Crippen molar-refractivity contribution in [1.29, 1.82) is 0 Å². The van der Waals surface area contributed by atoms with Crippen molar-refractivity contribution in [2.24, 2.45) is 5.92 Å². The van der Waals surface area contributed by atoms with E-state index in [2.05, 4.69) is 20.8 Å². The molecule has 0 amide bonds. The highest BCUT2D eigenvalue weighted by atomic mass is 31.2. The molecule has 0 saturated carbocycles. The Kier molecular flexibility index (Phi) is 16.9. The molecule has 8 nitrogen and oxygen atoms in total. The molecule has 0 aliphatic heterocycles. The van der Waals surface area contributed by atoms with Gasteiger partial charge in [0.25, 0.3) is 0 Å². The molecule has 0 N–H and O–H groups in total. The van der Waals surface area contributed by atoms with Crippen LogP contribution >= 0.6 is 7.60 Å². The second-order valence-corrected chi connectivity index (χ2v) is 16.9. The van der Waals surface area contributed by atoms with Crippen molar-refractivity contribution < 1.29 is 37.2 Å². The number of Topliss-reactive ketones (excluding diaryl/α,β-unsaturated/α-hetero) is 1. The number of carbonyl (C=O) groups is 3. The number of rotatable bonds is 21. The number of esters is 1. The van der Waals surface area contributed by atoms with Crippen molar-refractivity contribution in [2.75, 3.05) is 13.2 Å². The summed E-state index contributed by atoms with van der Waals surface area (Å²) >= 11 is 0. The molecule has 0 saturated heterocycles. The molecule has 0 fully saturated rings. The molecular weight excluding hydrogens is 511 g/mol. The quantitative estimate of drug-likeness (QED) is 0.0490. The minimum Gasteiger partial charge on any atom is -0.459 e. The summed E-state index contributed by atoms with van der Waals surface area (Å²) < 4.78 is 36.2. The summed E-state index contributed by atoms with van der Waals surface area (Å²) in [6.07, 6.45) is 5.09. The van der Waals surface area contributed by atoms with Gasteiger partial charge in [0.2, 0.25) is 0 Å². The number of aldehydes is 1. The largest absolute Gasteiger partial charge is 0.459 e. The van der Waals surface area contributed by atoms with Crippen LogP contribution in [0, 0.1) is 5.92 Å². The summed E-state index contributed by atoms with van der Waals surface area (Å²) in [5.41, 5.74) is -1.78. The molecule has 0 spiro atoms. The Morgan fingerprint density at radius 3 is 1.97 bits per heavy atom. The fourth-order valence-electron chi connectivity index (χ4n) is 4.16. The summed E-state index contributed by atoms with van der Waals surface area (Å²) in [6.45, 7) is 17.4. The maximum Gasteiger partial charge on any atom is 0.340 e. The number of ether oxygens (including phenoxy) is 1. The van der Waals surface area contributed by atoms with Gasteiger partial charge in [0.1, 0.15) is 23.8 Å². The SMILES string of the molecule is CCOP(=O)(OCC)C(C)C(=O)CC[C@](C)(/C=C/C(=O)O[C@H](C)[C@@H](C)CCC=O)O[Si](CC)(CC)CC. The fraction of sp³-hybridized carbons (Fsp3) is 0.815. The van der Waals surface area contributed by atoms with Gasteiger partial charge in [-0.25, -0.2) is 4.79 Å². The number of hydrogen-bond acceptors (Lipinski definition) is 8. The minimum atomic E-state index is -3.57. The van der Waals surface area contributed by atoms with Crippen LogP contribution in [-0.2, 0) is 37.2 Å². The molecule has 10 heteroatoms. The summed E-state index contributed by atoms with van der Waals surface area (Å²) in [4.78, 5) is 36.3. The topological polar surface area (TPSA) is 105 Å². The van der Waals surface area contributed by atoms with Crippen LogP contribution in [0.15, 0.2) is 12.2 Å². The summed E-state index contributed by atoms with van der Waals surface area (Å²) in [7, 11) is -5.67. The first-order valence-electron chi connectivity index (χ1n) is 13.8. The molecule has 216 valence electrons. The lowest BCUT2D eigenvalue weighted by Crippen LogP contribution is -2.45. The molecule has 0 bridgehead atoms. The van der Waals surface area contributed by atoms with E-state index < -0.39 is 33.1 Å². The smallest absolute Gasteiger partial charge is 0.340 e. The van der Waals surface area contributed by atoms with Crippen LogP contribution in [-0.4, -0.2) is 56.9 Å². The van der Waals surface area contributed by atoms with E-state index >= 15 is 0 Å². The minimum absolute atomic E-state index is 0.0518. The third-order valence-corrected chi connectivity index (χ3v) is 14.5. The number of hydrogen-bond donors (Lipinski definition) is 0. The Bertz CT molecular complexity index is 764. The normalized spacial score (nSPS) is 16.7. The Labute approximate surface area is 225 Å². The lowest BCUT2D eigenvalue weighted by molar-refractivity contribution is -0.144. The third-order valence-electron chi connectivity index (χ3n) is 7.22. The Balaban J connectivity index is 5.74. The maximum absolute atomic E-state index is 13.1. The van der Waals surface area contributed by atoms with Crippen LogP contribution in [0.4, 0.5) is 0 Å². The lowest BCUT2D eigenvalue weighted by Gasteiger charge is -2.39. The Hall–Kier alpha value is -1.12. The highest BCUT2D eigenvalue weighted by Crippen LogP contribution is 2.53. The van der Waals surface area contributed by atoms with E-state index in [1.54, 1.807) is 26.8 Å². The predicted molar refractivity (Wildman–Crippen MR) is 150 cm³/mol. The molecule has 0 aliphatic rings. The first-order chi connectivity index (χ1) is 17.3. The number of carbonyl (C=O) groups excluding carboxylic acids is 3. The van der Waals surface area contributed by atoms with E-state index in [0.29, 0.717) is 19.3 Å². The van der Waals surface area contributed by atoms with E-state index in [4.69, 9.17) is 18.2 Å². The molecule has 0 aromatic heterocycles. The van der Waals surface area contributed by atoms with Crippen LogP contribution in [0.3, 0.4) is 0 Å². The second kappa shape index (κ2) is 17.5. The third kappa shape index (κ3) is 12.1. The van der Waals surface area contributed by atoms with Gasteiger partial charge in [0.15, 0.2) is 8.32 Å². The van der Waals surface area contributed by atoms with Crippen LogP contribution in [0.5, 0.6) is 0 Å². The molecule has 0 rings (SSSR count). The number of ketones is 1.